The first-order valence-electron chi connectivity index (χ1n) is 10.2. The molecule has 0 spiro atoms. The van der Waals surface area contributed by atoms with E-state index in [9.17, 15) is 4.79 Å². The number of hydrogen-bond donors (Lipinski definition) is 1. The van der Waals surface area contributed by atoms with Crippen LogP contribution in [0.1, 0.15) is 36.7 Å². The van der Waals surface area contributed by atoms with Gasteiger partial charge in [0.1, 0.15) is 6.54 Å². The minimum absolute atomic E-state index is 0.0352. The van der Waals surface area contributed by atoms with Gasteiger partial charge in [-0.3, -0.25) is 4.79 Å². The fourth-order valence-corrected chi connectivity index (χ4v) is 3.39. The number of aryl methyl sites for hydroxylation is 1. The summed E-state index contributed by atoms with van der Waals surface area (Å²) in [7, 11) is 0. The van der Waals surface area contributed by atoms with Gasteiger partial charge in [0.25, 0.3) is 0 Å². The van der Waals surface area contributed by atoms with Gasteiger partial charge in [-0.2, -0.15) is 9.90 Å². The molecule has 2 aromatic carbocycles. The van der Waals surface area contributed by atoms with Gasteiger partial charge in [-0.1, -0.05) is 56.3 Å². The molecule has 2 aromatic heterocycles. The molecule has 4 rings (SSSR count). The van der Waals surface area contributed by atoms with Crippen molar-refractivity contribution < 1.29 is 4.79 Å². The van der Waals surface area contributed by atoms with Crippen LogP contribution in [-0.2, 0) is 11.3 Å². The molecule has 0 aliphatic heterocycles. The molecule has 1 N–H and O–H groups in total. The van der Waals surface area contributed by atoms with E-state index in [1.165, 1.54) is 10.4 Å². The molecule has 0 unspecified atom stereocenters. The second-order valence-electron chi connectivity index (χ2n) is 7.76. The van der Waals surface area contributed by atoms with Gasteiger partial charge < -0.3 is 5.32 Å². The fraction of sp³-hybridized carbons (Fsp3) is 0.261. The summed E-state index contributed by atoms with van der Waals surface area (Å²) in [5.41, 5.74) is 5.35. The quantitative estimate of drug-likeness (QED) is 0.516. The van der Waals surface area contributed by atoms with Gasteiger partial charge >= 0.3 is 0 Å². The van der Waals surface area contributed by atoms with E-state index in [1.54, 1.807) is 0 Å². The molecule has 0 atom stereocenters. The molecule has 1 amide bonds. The maximum absolute atomic E-state index is 12.6. The van der Waals surface area contributed by atoms with Gasteiger partial charge in [0.2, 0.25) is 11.7 Å². The Hall–Kier alpha value is -3.81. The minimum atomic E-state index is -0.238. The molecule has 158 valence electrons. The second-order valence-corrected chi connectivity index (χ2v) is 7.76. The zero-order valence-electron chi connectivity index (χ0n) is 18.1. The number of amides is 1. The highest BCUT2D eigenvalue weighted by Gasteiger charge is 2.16. The Morgan fingerprint density at radius 3 is 2.39 bits per heavy atom. The Labute approximate surface area is 180 Å². The van der Waals surface area contributed by atoms with Gasteiger partial charge in [0.05, 0.1) is 22.8 Å². The number of hydrogen-bond acceptors (Lipinski definition) is 5. The van der Waals surface area contributed by atoms with E-state index >= 15 is 0 Å². The van der Waals surface area contributed by atoms with E-state index in [2.05, 4.69) is 51.8 Å². The van der Waals surface area contributed by atoms with Gasteiger partial charge in [-0.05, 0) is 42.7 Å². The third-order valence-electron chi connectivity index (χ3n) is 5.13. The first-order chi connectivity index (χ1) is 14.9. The number of rotatable bonds is 6. The number of aromatic nitrogens is 6. The highest BCUT2D eigenvalue weighted by Crippen LogP contribution is 2.23. The number of anilines is 1. The number of carbonyl (C=O) groups excluding carboxylic acids is 1. The smallest absolute Gasteiger partial charge is 0.248 e. The summed E-state index contributed by atoms with van der Waals surface area (Å²) in [5.74, 6) is 0.713. The topological polar surface area (TPSA) is 90.5 Å². The molecule has 0 aliphatic rings. The Morgan fingerprint density at radius 1 is 1.00 bits per heavy atom. The second kappa shape index (κ2) is 8.51. The van der Waals surface area contributed by atoms with Crippen LogP contribution in [0.4, 0.5) is 5.69 Å². The molecule has 0 radical (unpaired) electrons. The average molecular weight is 416 g/mol. The van der Waals surface area contributed by atoms with E-state index in [-0.39, 0.29) is 12.5 Å². The highest BCUT2D eigenvalue weighted by atomic mass is 16.2. The summed E-state index contributed by atoms with van der Waals surface area (Å²) < 4.78 is 1.82. The van der Waals surface area contributed by atoms with Crippen LogP contribution in [0.2, 0.25) is 0 Å². The molecule has 0 saturated heterocycles. The van der Waals surface area contributed by atoms with Crippen molar-refractivity contribution in [3.8, 4) is 17.1 Å². The maximum atomic E-state index is 12.6. The number of benzene rings is 2. The SMILES string of the molecule is Cc1nn(-c2ccccc2)c(C)c1NC(=O)Cn1nnc(-c2ccc(C(C)C)cc2)n1. The lowest BCUT2D eigenvalue weighted by molar-refractivity contribution is -0.117. The fourth-order valence-electron chi connectivity index (χ4n) is 3.39. The van der Waals surface area contributed by atoms with Crippen LogP contribution in [0.3, 0.4) is 0 Å². The third kappa shape index (κ3) is 4.37. The Bertz CT molecular complexity index is 1190. The largest absolute Gasteiger partial charge is 0.321 e. The van der Waals surface area contributed by atoms with Gasteiger partial charge in [0.15, 0.2) is 0 Å². The number of tetrazole rings is 1. The zero-order chi connectivity index (χ0) is 22.0. The minimum Gasteiger partial charge on any atom is -0.321 e. The maximum Gasteiger partial charge on any atom is 0.248 e. The molecule has 8 nitrogen and oxygen atoms in total. The summed E-state index contributed by atoms with van der Waals surface area (Å²) in [4.78, 5) is 13.9. The molecule has 8 heteroatoms. The molecular weight excluding hydrogens is 390 g/mol. The number of nitrogens with zero attached hydrogens (tertiary/aromatic N) is 6. The van der Waals surface area contributed by atoms with Crippen molar-refractivity contribution in [2.24, 2.45) is 0 Å². The first-order valence-corrected chi connectivity index (χ1v) is 10.2. The van der Waals surface area contributed by atoms with Crippen LogP contribution in [0.5, 0.6) is 0 Å². The molecule has 0 aliphatic carbocycles. The molecule has 0 fully saturated rings. The molecule has 4 aromatic rings. The average Bonchev–Trinajstić information content (AvgIpc) is 3.34. The summed E-state index contributed by atoms with van der Waals surface area (Å²) in [6.07, 6.45) is 0. The molecule has 0 bridgehead atoms. The summed E-state index contributed by atoms with van der Waals surface area (Å²) in [6, 6.07) is 17.9. The molecular formula is C23H25N7O. The van der Waals surface area contributed by atoms with Crippen molar-refractivity contribution >= 4 is 11.6 Å². The van der Waals surface area contributed by atoms with Crippen LogP contribution in [0.15, 0.2) is 54.6 Å². The highest BCUT2D eigenvalue weighted by molar-refractivity contribution is 5.91. The van der Waals surface area contributed by atoms with Crippen LogP contribution < -0.4 is 5.32 Å². The number of carbonyl (C=O) groups is 1. The normalized spacial score (nSPS) is 11.1. The lowest BCUT2D eigenvalue weighted by atomic mass is 10.0. The predicted molar refractivity (Wildman–Crippen MR) is 119 cm³/mol. The summed E-state index contributed by atoms with van der Waals surface area (Å²) in [5, 5.41) is 19.9. The van der Waals surface area contributed by atoms with Crippen molar-refractivity contribution in [3.63, 3.8) is 0 Å². The predicted octanol–water partition coefficient (Wildman–Crippen LogP) is 3.90. The van der Waals surface area contributed by atoms with E-state index in [4.69, 9.17) is 0 Å². The van der Waals surface area contributed by atoms with Crippen LogP contribution in [0, 0.1) is 13.8 Å². The Balaban J connectivity index is 1.46. The lowest BCUT2D eigenvalue weighted by Gasteiger charge is -2.06. The standard InChI is InChI=1S/C23H25N7O/c1-15(2)18-10-12-19(13-11-18)23-25-28-29(27-23)14-21(31)24-22-16(3)26-30(17(22)4)20-8-6-5-7-9-20/h5-13,15H,14H2,1-4H3,(H,24,31). The zero-order valence-corrected chi connectivity index (χ0v) is 18.1. The van der Waals surface area contributed by atoms with Crippen molar-refractivity contribution in [1.29, 1.82) is 0 Å². The van der Waals surface area contributed by atoms with E-state index in [0.717, 1.165) is 22.6 Å². The van der Waals surface area contributed by atoms with Gasteiger partial charge in [-0.25, -0.2) is 4.68 Å². The van der Waals surface area contributed by atoms with Crippen LogP contribution >= 0.6 is 0 Å². The Morgan fingerprint density at radius 2 is 1.71 bits per heavy atom. The monoisotopic (exact) mass is 415 g/mol. The molecule has 2 heterocycles. The molecule has 0 saturated carbocycles. The van der Waals surface area contributed by atoms with Gasteiger partial charge in [0, 0.05) is 5.56 Å². The third-order valence-corrected chi connectivity index (χ3v) is 5.13. The first kappa shape index (κ1) is 20.5. The summed E-state index contributed by atoms with van der Waals surface area (Å²) in [6.45, 7) is 8.06. The summed E-state index contributed by atoms with van der Waals surface area (Å²) >= 11 is 0. The van der Waals surface area contributed by atoms with E-state index in [1.807, 2.05) is 61.0 Å². The number of para-hydroxylation sites is 1. The van der Waals surface area contributed by atoms with Crippen molar-refractivity contribution in [3.05, 3.63) is 71.5 Å². The van der Waals surface area contributed by atoms with Crippen LogP contribution in [-0.4, -0.2) is 35.9 Å². The molecule has 31 heavy (non-hydrogen) atoms. The van der Waals surface area contributed by atoms with E-state index < -0.39 is 0 Å². The van der Waals surface area contributed by atoms with Gasteiger partial charge in [-0.15, -0.1) is 10.2 Å². The van der Waals surface area contributed by atoms with Crippen molar-refractivity contribution in [1.82, 2.24) is 30.0 Å². The number of nitrogens with one attached hydrogen (secondary N) is 1. The van der Waals surface area contributed by atoms with Crippen molar-refractivity contribution in [2.75, 3.05) is 5.32 Å². The lowest BCUT2D eigenvalue weighted by Crippen LogP contribution is -2.21. The Kier molecular flexibility index (Phi) is 5.62. The van der Waals surface area contributed by atoms with E-state index in [0.29, 0.717) is 17.4 Å². The van der Waals surface area contributed by atoms with Crippen molar-refractivity contribution in [2.45, 2.75) is 40.2 Å². The van der Waals surface area contributed by atoms with Crippen LogP contribution in [0.25, 0.3) is 17.1 Å².